The van der Waals surface area contributed by atoms with Gasteiger partial charge in [-0.2, -0.15) is 0 Å². The fraction of sp³-hybridized carbons (Fsp3) is 0.269. The molecule has 2 amide bonds. The number of nitrogens with zero attached hydrogens (tertiary/aromatic N) is 8. The summed E-state index contributed by atoms with van der Waals surface area (Å²) in [6, 6.07) is 20.8. The molecule has 0 unspecified atom stereocenters. The number of pyridine rings is 4. The van der Waals surface area contributed by atoms with Crippen LogP contribution in [0.1, 0.15) is 45.7 Å². The lowest BCUT2D eigenvalue weighted by molar-refractivity contribution is -0.0364. The largest absolute Gasteiger partial charge is 0.391 e. The van der Waals surface area contributed by atoms with Gasteiger partial charge in [0.2, 0.25) is 0 Å². The Morgan fingerprint density at radius 3 is 1.46 bits per heavy atom. The lowest BCUT2D eigenvalue weighted by Crippen LogP contribution is -2.47. The molecule has 10 heterocycles. The van der Waals surface area contributed by atoms with Crippen molar-refractivity contribution in [1.29, 1.82) is 0 Å². The lowest BCUT2D eigenvalue weighted by atomic mass is 9.99. The number of anilines is 6. The van der Waals surface area contributed by atoms with Crippen molar-refractivity contribution in [1.82, 2.24) is 39.4 Å². The zero-order chi connectivity index (χ0) is 49.6. The van der Waals surface area contributed by atoms with E-state index >= 15 is 0 Å². The summed E-state index contributed by atoms with van der Waals surface area (Å²) in [6.45, 7) is 7.97. The zero-order valence-corrected chi connectivity index (χ0v) is 39.2. The minimum atomic E-state index is -0.542. The van der Waals surface area contributed by atoms with E-state index in [-0.39, 0.29) is 35.7 Å². The summed E-state index contributed by atoms with van der Waals surface area (Å²) < 4.78 is 42.1. The number of benzene rings is 2. The molecule has 0 radical (unpaired) electrons. The molecule has 18 nitrogen and oxygen atoms in total. The Balaban J connectivity index is 0.000000156. The maximum Gasteiger partial charge on any atom is 0.254 e. The Morgan fingerprint density at radius 1 is 0.611 bits per heavy atom. The molecule has 368 valence electrons. The van der Waals surface area contributed by atoms with Crippen LogP contribution in [-0.4, -0.2) is 115 Å². The van der Waals surface area contributed by atoms with Gasteiger partial charge >= 0.3 is 0 Å². The highest BCUT2D eigenvalue weighted by atomic mass is 19.1. The molecule has 12 rings (SSSR count). The first-order chi connectivity index (χ1) is 34.9. The molecule has 0 aliphatic carbocycles. The van der Waals surface area contributed by atoms with Crippen LogP contribution in [0.15, 0.2) is 110 Å². The summed E-state index contributed by atoms with van der Waals surface area (Å²) in [7, 11) is 0. The van der Waals surface area contributed by atoms with Crippen LogP contribution in [0.5, 0.6) is 0 Å². The molecule has 20 heteroatoms. The predicted molar refractivity (Wildman–Crippen MR) is 266 cm³/mol. The fourth-order valence-electron chi connectivity index (χ4n) is 9.67. The minimum absolute atomic E-state index is 0.164. The van der Waals surface area contributed by atoms with Gasteiger partial charge in [-0.05, 0) is 73.5 Å². The van der Waals surface area contributed by atoms with Crippen molar-refractivity contribution in [2.45, 2.75) is 51.4 Å². The number of aliphatic hydroxyl groups excluding tert-OH is 2. The highest BCUT2D eigenvalue weighted by Crippen LogP contribution is 2.37. The Hall–Kier alpha value is -8.04. The Kier molecular flexibility index (Phi) is 12.4. The van der Waals surface area contributed by atoms with Gasteiger partial charge in [0.05, 0.1) is 95.5 Å². The second kappa shape index (κ2) is 19.3. The van der Waals surface area contributed by atoms with Crippen LogP contribution in [-0.2, 0) is 22.6 Å². The van der Waals surface area contributed by atoms with Gasteiger partial charge in [-0.3, -0.25) is 18.4 Å². The van der Waals surface area contributed by atoms with Gasteiger partial charge in [-0.15, -0.1) is 0 Å². The first-order valence-corrected chi connectivity index (χ1v) is 23.6. The van der Waals surface area contributed by atoms with E-state index in [9.17, 15) is 28.6 Å². The number of imidazole rings is 2. The smallest absolute Gasteiger partial charge is 0.254 e. The van der Waals surface area contributed by atoms with Crippen molar-refractivity contribution in [2.24, 2.45) is 0 Å². The van der Waals surface area contributed by atoms with Gasteiger partial charge in [0, 0.05) is 74.9 Å². The average Bonchev–Trinajstić information content (AvgIpc) is 4.20. The van der Waals surface area contributed by atoms with Crippen molar-refractivity contribution < 1.29 is 38.1 Å². The molecule has 4 aliphatic rings. The molecule has 2 fully saturated rings. The summed E-state index contributed by atoms with van der Waals surface area (Å²) in [4.78, 5) is 47.6. The maximum absolute atomic E-state index is 13.6. The second-order valence-electron chi connectivity index (χ2n) is 18.1. The summed E-state index contributed by atoms with van der Waals surface area (Å²) in [5.41, 5.74) is 10.3. The summed E-state index contributed by atoms with van der Waals surface area (Å²) >= 11 is 0. The molecular formula is C52H50F2N12O6. The third kappa shape index (κ3) is 9.00. The van der Waals surface area contributed by atoms with Gasteiger partial charge in [-0.25, -0.2) is 28.7 Å². The van der Waals surface area contributed by atoms with E-state index in [2.05, 4.69) is 51.0 Å². The van der Waals surface area contributed by atoms with Crippen molar-refractivity contribution in [3.8, 4) is 22.5 Å². The SMILES string of the molecule is C[C@@H](O)[C@H]1CN(c2ccc(Nc3ccc(-c4cnc5cc(F)ccn45)c4c3C(=O)NC4)nc2)CCO1.C[C@H](O)[C@@H]1CN(c2ccc(Nc3ccc(-c4cnc5cc(F)ccn45)c4c3C(=O)NC4)nc2)CCO1. The van der Waals surface area contributed by atoms with E-state index in [4.69, 9.17) is 9.47 Å². The number of hydrogen-bond donors (Lipinski definition) is 6. The fourth-order valence-corrected chi connectivity index (χ4v) is 9.67. The van der Waals surface area contributed by atoms with E-state index in [1.807, 2.05) is 57.3 Å². The van der Waals surface area contributed by atoms with E-state index < -0.39 is 12.2 Å². The summed E-state index contributed by atoms with van der Waals surface area (Å²) in [5, 5.41) is 32.1. The van der Waals surface area contributed by atoms with Crippen LogP contribution >= 0.6 is 0 Å². The van der Waals surface area contributed by atoms with E-state index in [1.54, 1.807) is 51.0 Å². The molecular weight excluding hydrogens is 927 g/mol. The topological polar surface area (TPSA) is 208 Å². The first-order valence-electron chi connectivity index (χ1n) is 23.6. The van der Waals surface area contributed by atoms with Crippen LogP contribution in [0.25, 0.3) is 33.8 Å². The Bertz CT molecular complexity index is 3130. The normalized spacial score (nSPS) is 18.2. The third-order valence-corrected chi connectivity index (χ3v) is 13.4. The monoisotopic (exact) mass is 976 g/mol. The molecule has 2 saturated heterocycles. The molecule has 4 atom stereocenters. The van der Waals surface area contributed by atoms with Crippen LogP contribution in [0.2, 0.25) is 0 Å². The van der Waals surface area contributed by atoms with Crippen LogP contribution in [0.4, 0.5) is 43.2 Å². The highest BCUT2D eigenvalue weighted by Gasteiger charge is 2.30. The number of aromatic nitrogens is 6. The molecule has 72 heavy (non-hydrogen) atoms. The Labute approximate surface area is 411 Å². The Morgan fingerprint density at radius 2 is 1.06 bits per heavy atom. The number of carbonyl (C=O) groups excluding carboxylic acids is 2. The van der Waals surface area contributed by atoms with Gasteiger partial charge in [-0.1, -0.05) is 12.1 Å². The zero-order valence-electron chi connectivity index (χ0n) is 39.2. The molecule has 6 aromatic heterocycles. The number of amides is 2. The number of aliphatic hydroxyl groups is 2. The maximum atomic E-state index is 13.6. The van der Waals surface area contributed by atoms with E-state index in [0.29, 0.717) is 84.8 Å². The van der Waals surface area contributed by atoms with E-state index in [1.165, 1.54) is 24.3 Å². The predicted octanol–water partition coefficient (Wildman–Crippen LogP) is 6.22. The second-order valence-corrected chi connectivity index (χ2v) is 18.1. The molecule has 6 N–H and O–H groups in total. The number of hydrogen-bond acceptors (Lipinski definition) is 14. The third-order valence-electron chi connectivity index (χ3n) is 13.4. The molecule has 2 aromatic carbocycles. The lowest BCUT2D eigenvalue weighted by Gasteiger charge is -2.35. The molecule has 8 aromatic rings. The number of carbonyl (C=O) groups is 2. The van der Waals surface area contributed by atoms with Crippen molar-refractivity contribution in [3.05, 3.63) is 144 Å². The van der Waals surface area contributed by atoms with Gasteiger partial charge in [0.1, 0.15) is 46.8 Å². The number of nitrogens with one attached hydrogen (secondary N) is 4. The van der Waals surface area contributed by atoms with Gasteiger partial charge in [0.15, 0.2) is 0 Å². The number of halogens is 2. The minimum Gasteiger partial charge on any atom is -0.391 e. The molecule has 4 aliphatic heterocycles. The average molecular weight is 977 g/mol. The summed E-state index contributed by atoms with van der Waals surface area (Å²) in [6.07, 6.45) is 8.66. The molecule has 0 bridgehead atoms. The van der Waals surface area contributed by atoms with Crippen LogP contribution in [0.3, 0.4) is 0 Å². The van der Waals surface area contributed by atoms with Crippen LogP contribution < -0.4 is 31.1 Å². The molecule has 0 spiro atoms. The summed E-state index contributed by atoms with van der Waals surface area (Å²) in [5.74, 6) is 0.192. The number of rotatable bonds is 10. The van der Waals surface area contributed by atoms with E-state index in [0.717, 1.165) is 58.1 Å². The number of morpholine rings is 2. The van der Waals surface area contributed by atoms with Crippen molar-refractivity contribution in [2.75, 3.05) is 59.8 Å². The molecule has 0 saturated carbocycles. The number of fused-ring (bicyclic) bond motifs is 4. The number of ether oxygens (including phenoxy) is 2. The van der Waals surface area contributed by atoms with Gasteiger partial charge < -0.3 is 50.8 Å². The highest BCUT2D eigenvalue weighted by molar-refractivity contribution is 6.07. The van der Waals surface area contributed by atoms with Crippen LogP contribution in [0, 0.1) is 11.6 Å². The van der Waals surface area contributed by atoms with Gasteiger partial charge in [0.25, 0.3) is 11.8 Å². The van der Waals surface area contributed by atoms with Crippen molar-refractivity contribution >= 4 is 57.5 Å². The first kappa shape index (κ1) is 46.3. The quantitative estimate of drug-likeness (QED) is 0.0901. The standard InChI is InChI=1S/2C26H25FN6O3/c2*1-15(34)22-14-32(8-9-36-22)17-2-5-23(28-11-17)31-20-4-3-18(19-12-30-26(35)25(19)20)21-13-29-24-10-16(27)6-7-33(21)24/h2*2-7,10-11,13,15,22,34H,8-9,12,14H2,1H3,(H,28,31)(H,30,35)/t2*15-,22-/m10/s1. The van der Waals surface area contributed by atoms with Crippen molar-refractivity contribution in [3.63, 3.8) is 0 Å².